The highest BCUT2D eigenvalue weighted by Gasteiger charge is 2.74. The van der Waals surface area contributed by atoms with E-state index in [2.05, 4.69) is 6.92 Å². The number of carbonyl (C=O) groups excluding carboxylic acids is 2. The van der Waals surface area contributed by atoms with Gasteiger partial charge in [0.1, 0.15) is 5.60 Å². The molecule has 1 N–H and O–H groups in total. The first-order valence-electron chi connectivity index (χ1n) is 11.3. The van der Waals surface area contributed by atoms with Crippen LogP contribution in [0.1, 0.15) is 59.3 Å². The van der Waals surface area contributed by atoms with Gasteiger partial charge in [-0.3, -0.25) is 4.79 Å². The molecule has 0 spiro atoms. The lowest BCUT2D eigenvalue weighted by Crippen LogP contribution is -2.66. The highest BCUT2D eigenvalue weighted by atomic mass is 16.7. The molecule has 0 unspecified atom stereocenters. The average Bonchev–Trinajstić information content (AvgIpc) is 3.15. The van der Waals surface area contributed by atoms with Gasteiger partial charge < -0.3 is 24.5 Å². The van der Waals surface area contributed by atoms with E-state index >= 15 is 0 Å². The van der Waals surface area contributed by atoms with Gasteiger partial charge in [-0.1, -0.05) is 38.8 Å². The number of aliphatic hydroxyl groups is 1. The second-order valence-electron chi connectivity index (χ2n) is 10.4. The van der Waals surface area contributed by atoms with E-state index in [0.29, 0.717) is 19.3 Å². The van der Waals surface area contributed by atoms with Crippen LogP contribution in [0.15, 0.2) is 23.8 Å². The first-order valence-corrected chi connectivity index (χ1v) is 11.3. The molecule has 1 saturated heterocycles. The van der Waals surface area contributed by atoms with Gasteiger partial charge in [0, 0.05) is 16.7 Å². The summed E-state index contributed by atoms with van der Waals surface area (Å²) in [7, 11) is 0. The third-order valence-corrected chi connectivity index (χ3v) is 9.12. The Morgan fingerprint density at radius 3 is 2.83 bits per heavy atom. The summed E-state index contributed by atoms with van der Waals surface area (Å²) in [6.07, 6.45) is 7.57. The minimum atomic E-state index is -1.52. The number of carboxylic acid groups (broad SMARTS) is 1. The number of aliphatic hydroxyl groups excluding tert-OH is 1. The van der Waals surface area contributed by atoms with E-state index in [1.165, 1.54) is 0 Å². The van der Waals surface area contributed by atoms with Gasteiger partial charge in [0.15, 0.2) is 12.1 Å². The third-order valence-electron chi connectivity index (χ3n) is 9.12. The molecule has 4 fully saturated rings. The summed E-state index contributed by atoms with van der Waals surface area (Å²) in [6, 6.07) is 0. The lowest BCUT2D eigenvalue weighted by Gasteiger charge is -2.60. The van der Waals surface area contributed by atoms with Crippen molar-refractivity contribution in [2.24, 2.45) is 28.6 Å². The van der Waals surface area contributed by atoms with Crippen LogP contribution in [-0.4, -0.2) is 41.0 Å². The van der Waals surface area contributed by atoms with E-state index in [1.54, 1.807) is 12.2 Å². The number of allylic oxidation sites excluding steroid dienone is 4. The zero-order valence-corrected chi connectivity index (χ0v) is 17.9. The Balaban J connectivity index is 1.55. The van der Waals surface area contributed by atoms with Crippen LogP contribution in [0.25, 0.3) is 0 Å². The Labute approximate surface area is 177 Å². The summed E-state index contributed by atoms with van der Waals surface area (Å²) in [5, 5.41) is 24.0. The molecular formula is C24H31O6-. The van der Waals surface area contributed by atoms with Gasteiger partial charge in [0.05, 0.1) is 18.2 Å². The van der Waals surface area contributed by atoms with Crippen molar-refractivity contribution in [2.75, 3.05) is 0 Å². The number of ether oxygens (including phenoxy) is 2. The van der Waals surface area contributed by atoms with Crippen molar-refractivity contribution in [1.82, 2.24) is 0 Å². The lowest BCUT2D eigenvalue weighted by molar-refractivity contribution is -0.337. The van der Waals surface area contributed by atoms with Crippen LogP contribution in [0, 0.1) is 28.6 Å². The van der Waals surface area contributed by atoms with Crippen LogP contribution in [0.2, 0.25) is 0 Å². The maximum Gasteiger partial charge on any atom is 0.178 e. The molecule has 0 bridgehead atoms. The van der Waals surface area contributed by atoms with E-state index in [4.69, 9.17) is 9.47 Å². The zero-order valence-electron chi connectivity index (χ0n) is 17.9. The molecule has 0 aromatic carbocycles. The number of rotatable bonds is 3. The first kappa shape index (κ1) is 20.4. The molecular weight excluding hydrogens is 384 g/mol. The summed E-state index contributed by atoms with van der Waals surface area (Å²) in [5.41, 5.74) is -1.57. The highest BCUT2D eigenvalue weighted by Crippen LogP contribution is 2.69. The van der Waals surface area contributed by atoms with E-state index in [0.717, 1.165) is 24.8 Å². The minimum absolute atomic E-state index is 0.00568. The molecule has 0 amide bonds. The normalized spacial score (nSPS) is 51.6. The van der Waals surface area contributed by atoms with Crippen molar-refractivity contribution in [2.45, 2.75) is 83.4 Å². The predicted molar refractivity (Wildman–Crippen MR) is 106 cm³/mol. The van der Waals surface area contributed by atoms with Crippen molar-refractivity contribution < 1.29 is 29.3 Å². The Morgan fingerprint density at radius 1 is 1.37 bits per heavy atom. The monoisotopic (exact) mass is 415 g/mol. The molecule has 9 atom stereocenters. The molecule has 4 aliphatic carbocycles. The van der Waals surface area contributed by atoms with Gasteiger partial charge >= 0.3 is 0 Å². The molecule has 5 rings (SSSR count). The molecule has 0 radical (unpaired) electrons. The summed E-state index contributed by atoms with van der Waals surface area (Å²) >= 11 is 0. The zero-order chi connectivity index (χ0) is 21.5. The smallest absolute Gasteiger partial charge is 0.178 e. The summed E-state index contributed by atoms with van der Waals surface area (Å²) in [4.78, 5) is 24.5. The third kappa shape index (κ3) is 2.36. The number of fused-ring (bicyclic) bond motifs is 7. The van der Waals surface area contributed by atoms with E-state index < -0.39 is 35.5 Å². The fourth-order valence-corrected chi connectivity index (χ4v) is 7.85. The maximum atomic E-state index is 12.6. The molecule has 1 aliphatic heterocycles. The number of carbonyl (C=O) groups is 2. The van der Waals surface area contributed by atoms with Crippen molar-refractivity contribution in [1.29, 1.82) is 0 Å². The van der Waals surface area contributed by atoms with Crippen LogP contribution in [-0.2, 0) is 19.1 Å². The van der Waals surface area contributed by atoms with Crippen molar-refractivity contribution in [3.63, 3.8) is 0 Å². The number of hydrogen-bond donors (Lipinski definition) is 1. The topological polar surface area (TPSA) is 95.9 Å². The Hall–Kier alpha value is -1.50. The number of hydrogen-bond acceptors (Lipinski definition) is 6. The summed E-state index contributed by atoms with van der Waals surface area (Å²) < 4.78 is 12.3. The lowest BCUT2D eigenvalue weighted by atomic mass is 9.46. The van der Waals surface area contributed by atoms with Gasteiger partial charge in [-0.2, -0.15) is 0 Å². The van der Waals surface area contributed by atoms with Gasteiger partial charge in [0.25, 0.3) is 0 Å². The average molecular weight is 416 g/mol. The fraction of sp³-hybridized carbons (Fsp3) is 0.750. The summed E-state index contributed by atoms with van der Waals surface area (Å²) in [6.45, 7) is 6.08. The van der Waals surface area contributed by atoms with E-state index in [1.807, 2.05) is 19.9 Å². The van der Waals surface area contributed by atoms with Crippen LogP contribution in [0.3, 0.4) is 0 Å². The van der Waals surface area contributed by atoms with Gasteiger partial charge in [-0.15, -0.1) is 0 Å². The van der Waals surface area contributed by atoms with E-state index in [9.17, 15) is 19.8 Å². The van der Waals surface area contributed by atoms with Crippen LogP contribution in [0.4, 0.5) is 0 Å². The number of carboxylic acids is 1. The molecule has 6 nitrogen and oxygen atoms in total. The Bertz CT molecular complexity index is 847. The Kier molecular flexibility index (Phi) is 4.42. The predicted octanol–water partition coefficient (Wildman–Crippen LogP) is 1.91. The molecule has 0 aromatic heterocycles. The molecule has 3 saturated carbocycles. The minimum Gasteiger partial charge on any atom is -0.547 e. The number of aliphatic carboxylic acids is 1. The fourth-order valence-electron chi connectivity index (χ4n) is 7.85. The standard InChI is InChI=1S/C24H32O6/c1-4-5-19-29-18-11-16-15-7-6-13-10-14(25)8-9-22(13,2)20(15)17(26)12-23(16,3)24(18,30-19)21(27)28/h8-10,15-20,26H,4-7,11-12H2,1-3H3,(H,27,28)/p-1/t15-,16-,17+,18+,19+,20-,22-,23-,24-/m0/s1. The maximum absolute atomic E-state index is 12.6. The van der Waals surface area contributed by atoms with Crippen molar-refractivity contribution >= 4 is 11.8 Å². The second-order valence-corrected chi connectivity index (χ2v) is 10.4. The van der Waals surface area contributed by atoms with Crippen molar-refractivity contribution in [3.8, 4) is 0 Å². The first-order chi connectivity index (χ1) is 14.2. The molecule has 30 heavy (non-hydrogen) atoms. The highest BCUT2D eigenvalue weighted by molar-refractivity contribution is 6.01. The Morgan fingerprint density at radius 2 is 2.13 bits per heavy atom. The largest absolute Gasteiger partial charge is 0.547 e. The van der Waals surface area contributed by atoms with Gasteiger partial charge in [-0.05, 0) is 56.1 Å². The number of ketones is 1. The van der Waals surface area contributed by atoms with Crippen molar-refractivity contribution in [3.05, 3.63) is 23.8 Å². The molecule has 1 heterocycles. The van der Waals surface area contributed by atoms with E-state index in [-0.39, 0.29) is 29.0 Å². The summed E-state index contributed by atoms with van der Waals surface area (Å²) in [5.74, 6) is -1.07. The quantitative estimate of drug-likeness (QED) is 0.756. The molecule has 164 valence electrons. The van der Waals surface area contributed by atoms with Gasteiger partial charge in [0.2, 0.25) is 0 Å². The van der Waals surface area contributed by atoms with Gasteiger partial charge in [-0.25, -0.2) is 0 Å². The molecule has 6 heteroatoms. The van der Waals surface area contributed by atoms with Crippen LogP contribution >= 0.6 is 0 Å². The SMILES string of the molecule is CCC[C@@H]1O[C@@H]2C[C@H]3[C@@H]4CCC5=CC(=O)C=C[C@]5(C)[C@@H]4[C@H](O)C[C@]3(C)[C@]2(C(=O)[O-])O1. The second kappa shape index (κ2) is 6.50. The molecule has 0 aromatic rings. The molecule has 5 aliphatic rings. The van der Waals surface area contributed by atoms with Crippen LogP contribution in [0.5, 0.6) is 0 Å². The van der Waals surface area contributed by atoms with Crippen LogP contribution < -0.4 is 5.11 Å².